The minimum atomic E-state index is -0.154. The molecule has 3 heteroatoms. The SMILES string of the molecule is CCc1ccc(C(=O)N(C)C(C)CO)cc1. The standard InChI is InChI=1S/C13H19NO2/c1-4-11-5-7-12(8-6-11)13(16)14(3)10(2)9-15/h5-8,10,15H,4,9H2,1-3H3. The molecule has 88 valence electrons. The Labute approximate surface area is 96.7 Å². The van der Waals surface area contributed by atoms with E-state index in [4.69, 9.17) is 5.11 Å². The summed E-state index contributed by atoms with van der Waals surface area (Å²) in [6, 6.07) is 7.44. The summed E-state index contributed by atoms with van der Waals surface area (Å²) in [6.45, 7) is 3.88. The summed E-state index contributed by atoms with van der Waals surface area (Å²) in [7, 11) is 1.71. The first-order valence-electron chi connectivity index (χ1n) is 5.57. The van der Waals surface area contributed by atoms with Gasteiger partial charge in [-0.25, -0.2) is 0 Å². The number of aryl methyl sites for hydroxylation is 1. The van der Waals surface area contributed by atoms with Crippen LogP contribution in [-0.4, -0.2) is 35.6 Å². The Morgan fingerprint density at radius 3 is 2.38 bits per heavy atom. The predicted molar refractivity (Wildman–Crippen MR) is 64.5 cm³/mol. The molecule has 1 rings (SSSR count). The van der Waals surface area contributed by atoms with Crippen LogP contribution in [0, 0.1) is 0 Å². The van der Waals surface area contributed by atoms with Crippen LogP contribution in [0.3, 0.4) is 0 Å². The van der Waals surface area contributed by atoms with Crippen LogP contribution in [0.2, 0.25) is 0 Å². The number of benzene rings is 1. The zero-order valence-corrected chi connectivity index (χ0v) is 10.1. The molecule has 16 heavy (non-hydrogen) atoms. The van der Waals surface area contributed by atoms with Gasteiger partial charge in [-0.3, -0.25) is 4.79 Å². The van der Waals surface area contributed by atoms with Crippen LogP contribution in [0.1, 0.15) is 29.8 Å². The first-order valence-corrected chi connectivity index (χ1v) is 5.57. The quantitative estimate of drug-likeness (QED) is 0.840. The van der Waals surface area contributed by atoms with Crippen molar-refractivity contribution in [2.24, 2.45) is 0 Å². The first kappa shape index (κ1) is 12.7. The summed E-state index contributed by atoms with van der Waals surface area (Å²) in [5.74, 6) is -0.0517. The molecule has 0 aliphatic heterocycles. The second kappa shape index (κ2) is 5.66. The Kier molecular flexibility index (Phi) is 4.50. The van der Waals surface area contributed by atoms with E-state index < -0.39 is 0 Å². The summed E-state index contributed by atoms with van der Waals surface area (Å²) in [5.41, 5.74) is 1.88. The molecular weight excluding hydrogens is 202 g/mol. The van der Waals surface area contributed by atoms with Gasteiger partial charge in [-0.15, -0.1) is 0 Å². The fourth-order valence-corrected chi connectivity index (χ4v) is 1.41. The maximum Gasteiger partial charge on any atom is 0.253 e. The second-order valence-corrected chi connectivity index (χ2v) is 4.00. The molecule has 3 nitrogen and oxygen atoms in total. The molecule has 0 saturated carbocycles. The number of carbonyl (C=O) groups excluding carboxylic acids is 1. The summed E-state index contributed by atoms with van der Waals surface area (Å²) < 4.78 is 0. The Balaban J connectivity index is 2.80. The highest BCUT2D eigenvalue weighted by Gasteiger charge is 2.16. The lowest BCUT2D eigenvalue weighted by molar-refractivity contribution is 0.0682. The average Bonchev–Trinajstić information content (AvgIpc) is 2.36. The van der Waals surface area contributed by atoms with Gasteiger partial charge in [0.2, 0.25) is 0 Å². The lowest BCUT2D eigenvalue weighted by atomic mass is 10.1. The van der Waals surface area contributed by atoms with E-state index in [1.807, 2.05) is 31.2 Å². The fraction of sp³-hybridized carbons (Fsp3) is 0.462. The molecule has 1 N–H and O–H groups in total. The zero-order chi connectivity index (χ0) is 12.1. The van der Waals surface area contributed by atoms with E-state index in [9.17, 15) is 4.79 Å². The van der Waals surface area contributed by atoms with Gasteiger partial charge >= 0.3 is 0 Å². The maximum atomic E-state index is 12.0. The average molecular weight is 221 g/mol. The monoisotopic (exact) mass is 221 g/mol. The summed E-state index contributed by atoms with van der Waals surface area (Å²) in [5, 5.41) is 8.99. The number of aliphatic hydroxyl groups excluding tert-OH is 1. The number of carbonyl (C=O) groups is 1. The molecule has 0 radical (unpaired) electrons. The highest BCUT2D eigenvalue weighted by atomic mass is 16.3. The van der Waals surface area contributed by atoms with Crippen molar-refractivity contribution >= 4 is 5.91 Å². The van der Waals surface area contributed by atoms with Crippen LogP contribution in [-0.2, 0) is 6.42 Å². The topological polar surface area (TPSA) is 40.5 Å². The van der Waals surface area contributed by atoms with E-state index in [0.717, 1.165) is 6.42 Å². The molecule has 0 heterocycles. The largest absolute Gasteiger partial charge is 0.394 e. The van der Waals surface area contributed by atoms with Crippen LogP contribution in [0.15, 0.2) is 24.3 Å². The zero-order valence-electron chi connectivity index (χ0n) is 10.1. The second-order valence-electron chi connectivity index (χ2n) is 4.00. The molecule has 1 unspecified atom stereocenters. The van der Waals surface area contributed by atoms with Gasteiger partial charge in [0.25, 0.3) is 5.91 Å². The molecule has 1 amide bonds. The van der Waals surface area contributed by atoms with E-state index >= 15 is 0 Å². The van der Waals surface area contributed by atoms with Crippen molar-refractivity contribution in [3.05, 3.63) is 35.4 Å². The lowest BCUT2D eigenvalue weighted by Gasteiger charge is -2.23. The van der Waals surface area contributed by atoms with Gasteiger partial charge in [-0.05, 0) is 31.0 Å². The van der Waals surface area contributed by atoms with E-state index in [-0.39, 0.29) is 18.6 Å². The molecule has 0 aliphatic carbocycles. The Bertz CT molecular complexity index is 345. The highest BCUT2D eigenvalue weighted by Crippen LogP contribution is 2.09. The van der Waals surface area contributed by atoms with Gasteiger partial charge < -0.3 is 10.0 Å². The first-order chi connectivity index (χ1) is 7.60. The van der Waals surface area contributed by atoms with Gasteiger partial charge in [0.1, 0.15) is 0 Å². The normalized spacial score (nSPS) is 12.2. The van der Waals surface area contributed by atoms with Gasteiger partial charge in [-0.1, -0.05) is 19.1 Å². The van der Waals surface area contributed by atoms with Crippen molar-refractivity contribution in [1.29, 1.82) is 0 Å². The van der Waals surface area contributed by atoms with E-state index in [1.54, 1.807) is 11.9 Å². The minimum absolute atomic E-state index is 0.0186. The van der Waals surface area contributed by atoms with Crippen LogP contribution in [0.4, 0.5) is 0 Å². The number of hydrogen-bond donors (Lipinski definition) is 1. The van der Waals surface area contributed by atoms with Crippen molar-refractivity contribution in [2.45, 2.75) is 26.3 Å². The molecular formula is C13H19NO2. The molecule has 0 bridgehead atoms. The van der Waals surface area contributed by atoms with Gasteiger partial charge in [-0.2, -0.15) is 0 Å². The Morgan fingerprint density at radius 2 is 1.94 bits per heavy atom. The van der Waals surface area contributed by atoms with Crippen molar-refractivity contribution < 1.29 is 9.90 Å². The fourth-order valence-electron chi connectivity index (χ4n) is 1.41. The number of aliphatic hydroxyl groups is 1. The van der Waals surface area contributed by atoms with E-state index in [0.29, 0.717) is 5.56 Å². The van der Waals surface area contributed by atoms with Crippen molar-refractivity contribution in [2.75, 3.05) is 13.7 Å². The van der Waals surface area contributed by atoms with E-state index in [1.165, 1.54) is 5.56 Å². The molecule has 0 saturated heterocycles. The predicted octanol–water partition coefficient (Wildman–Crippen LogP) is 1.70. The van der Waals surface area contributed by atoms with Gasteiger partial charge in [0.15, 0.2) is 0 Å². The summed E-state index contributed by atoms with van der Waals surface area (Å²) >= 11 is 0. The molecule has 1 atom stereocenters. The number of likely N-dealkylation sites (N-methyl/N-ethyl adjacent to an activating group) is 1. The highest BCUT2D eigenvalue weighted by molar-refractivity contribution is 5.94. The van der Waals surface area contributed by atoms with Crippen molar-refractivity contribution in [3.8, 4) is 0 Å². The number of nitrogens with zero attached hydrogens (tertiary/aromatic N) is 1. The van der Waals surface area contributed by atoms with Crippen LogP contribution >= 0.6 is 0 Å². The molecule has 0 aromatic heterocycles. The Hall–Kier alpha value is -1.35. The van der Waals surface area contributed by atoms with Crippen molar-refractivity contribution in [1.82, 2.24) is 4.90 Å². The third kappa shape index (κ3) is 2.83. The number of amides is 1. The summed E-state index contributed by atoms with van der Waals surface area (Å²) in [4.78, 5) is 13.5. The van der Waals surface area contributed by atoms with Gasteiger partial charge in [0.05, 0.1) is 12.6 Å². The Morgan fingerprint density at radius 1 is 1.38 bits per heavy atom. The maximum absolute atomic E-state index is 12.0. The van der Waals surface area contributed by atoms with Gasteiger partial charge in [0, 0.05) is 12.6 Å². The van der Waals surface area contributed by atoms with Crippen molar-refractivity contribution in [3.63, 3.8) is 0 Å². The molecule has 1 aromatic carbocycles. The molecule has 0 spiro atoms. The summed E-state index contributed by atoms with van der Waals surface area (Å²) in [6.07, 6.45) is 0.970. The van der Waals surface area contributed by atoms with Crippen LogP contribution < -0.4 is 0 Å². The third-order valence-electron chi connectivity index (χ3n) is 2.85. The number of rotatable bonds is 4. The van der Waals surface area contributed by atoms with Crippen LogP contribution in [0.5, 0.6) is 0 Å². The molecule has 1 aromatic rings. The van der Waals surface area contributed by atoms with Crippen LogP contribution in [0.25, 0.3) is 0 Å². The molecule has 0 fully saturated rings. The smallest absolute Gasteiger partial charge is 0.253 e. The van der Waals surface area contributed by atoms with E-state index in [2.05, 4.69) is 6.92 Å². The lowest BCUT2D eigenvalue weighted by Crippen LogP contribution is -2.37. The third-order valence-corrected chi connectivity index (χ3v) is 2.85. The number of hydrogen-bond acceptors (Lipinski definition) is 2. The minimum Gasteiger partial charge on any atom is -0.394 e. The molecule has 0 aliphatic rings.